The summed E-state index contributed by atoms with van der Waals surface area (Å²) < 4.78 is 0. The molecule has 2 aliphatic carbocycles. The average molecular weight is 201 g/mol. The lowest BCUT2D eigenvalue weighted by Gasteiger charge is -2.30. The van der Waals surface area contributed by atoms with E-state index in [-0.39, 0.29) is 0 Å². The van der Waals surface area contributed by atoms with Crippen molar-refractivity contribution >= 4 is 11.6 Å². The van der Waals surface area contributed by atoms with Gasteiger partial charge in [0.25, 0.3) is 0 Å². The highest BCUT2D eigenvalue weighted by Gasteiger charge is 2.69. The second-order valence-electron chi connectivity index (χ2n) is 5.79. The van der Waals surface area contributed by atoms with E-state index in [0.29, 0.717) is 10.8 Å². The van der Waals surface area contributed by atoms with Gasteiger partial charge >= 0.3 is 0 Å². The second kappa shape index (κ2) is 2.89. The molecule has 0 radical (unpaired) electrons. The minimum absolute atomic E-state index is 0.531. The minimum Gasteiger partial charge on any atom is -0.126 e. The smallest absolute Gasteiger partial charge is 0.0262 e. The van der Waals surface area contributed by atoms with Gasteiger partial charge in [0.05, 0.1) is 0 Å². The first kappa shape index (κ1) is 9.83. The van der Waals surface area contributed by atoms with Crippen LogP contribution in [0, 0.1) is 22.7 Å². The van der Waals surface area contributed by atoms with Gasteiger partial charge in [-0.2, -0.15) is 0 Å². The molecule has 3 unspecified atom stereocenters. The molecule has 0 aliphatic heterocycles. The number of hydrogen-bond donors (Lipinski definition) is 0. The lowest BCUT2D eigenvalue weighted by molar-refractivity contribution is 0.210. The number of halogens is 1. The van der Waals surface area contributed by atoms with E-state index in [1.807, 2.05) is 0 Å². The van der Waals surface area contributed by atoms with Gasteiger partial charge in [0.2, 0.25) is 0 Å². The Bertz CT molecular complexity index is 209. The summed E-state index contributed by atoms with van der Waals surface area (Å²) in [6.07, 6.45) is 5.73. The summed E-state index contributed by atoms with van der Waals surface area (Å²) in [6.45, 7) is 7.23. The average Bonchev–Trinajstić information content (AvgIpc) is 2.46. The Morgan fingerprint density at radius 2 is 2.08 bits per heavy atom. The lowest BCUT2D eigenvalue weighted by atomic mass is 9.75. The molecule has 1 heteroatoms. The molecule has 2 saturated carbocycles. The summed E-state index contributed by atoms with van der Waals surface area (Å²) in [5.41, 5.74) is 1.16. The zero-order valence-corrected chi connectivity index (χ0v) is 9.82. The Morgan fingerprint density at radius 3 is 2.54 bits per heavy atom. The Kier molecular flexibility index (Phi) is 2.18. The van der Waals surface area contributed by atoms with Gasteiger partial charge in [-0.15, -0.1) is 11.6 Å². The zero-order valence-electron chi connectivity index (χ0n) is 9.07. The van der Waals surface area contributed by atoms with Gasteiger partial charge in [0, 0.05) is 5.88 Å². The van der Waals surface area contributed by atoms with Gasteiger partial charge in [-0.1, -0.05) is 33.6 Å². The third kappa shape index (κ3) is 1.17. The summed E-state index contributed by atoms with van der Waals surface area (Å²) in [4.78, 5) is 0. The molecule has 0 bridgehead atoms. The number of rotatable bonds is 1. The van der Waals surface area contributed by atoms with E-state index in [1.165, 1.54) is 25.7 Å². The van der Waals surface area contributed by atoms with E-state index < -0.39 is 0 Å². The van der Waals surface area contributed by atoms with Crippen LogP contribution in [0.25, 0.3) is 0 Å². The molecule has 76 valence electrons. The standard InChI is InChI=1S/C12H21Cl/c1-9-5-4-6-12(7-9)10(8-13)11(12,2)3/h9-10H,4-8H2,1-3H3. The highest BCUT2D eigenvalue weighted by Crippen LogP contribution is 2.75. The quantitative estimate of drug-likeness (QED) is 0.560. The van der Waals surface area contributed by atoms with Crippen LogP contribution >= 0.6 is 11.6 Å². The van der Waals surface area contributed by atoms with Crippen LogP contribution in [-0.2, 0) is 0 Å². The van der Waals surface area contributed by atoms with Gasteiger partial charge in [0.1, 0.15) is 0 Å². The maximum absolute atomic E-state index is 6.05. The van der Waals surface area contributed by atoms with E-state index in [4.69, 9.17) is 11.6 Å². The maximum Gasteiger partial charge on any atom is 0.0262 e. The molecular weight excluding hydrogens is 180 g/mol. The highest BCUT2D eigenvalue weighted by molar-refractivity contribution is 6.18. The van der Waals surface area contributed by atoms with Gasteiger partial charge in [-0.05, 0) is 35.5 Å². The molecule has 1 spiro atoms. The molecule has 0 saturated heterocycles. The molecule has 2 aliphatic rings. The molecule has 0 aromatic heterocycles. The second-order valence-corrected chi connectivity index (χ2v) is 6.09. The van der Waals surface area contributed by atoms with Crippen LogP contribution in [0.3, 0.4) is 0 Å². The van der Waals surface area contributed by atoms with Crippen molar-refractivity contribution in [3.8, 4) is 0 Å². The maximum atomic E-state index is 6.05. The van der Waals surface area contributed by atoms with E-state index in [0.717, 1.165) is 17.7 Å². The number of hydrogen-bond acceptors (Lipinski definition) is 0. The minimum atomic E-state index is 0.531. The Balaban J connectivity index is 2.14. The SMILES string of the molecule is CC1CCCC2(C1)C(CCl)C2(C)C. The van der Waals surface area contributed by atoms with Gasteiger partial charge in [-0.25, -0.2) is 0 Å². The predicted octanol–water partition coefficient (Wildman–Crippen LogP) is 4.08. The third-order valence-corrected chi connectivity index (χ3v) is 5.23. The van der Waals surface area contributed by atoms with Crippen molar-refractivity contribution in [1.82, 2.24) is 0 Å². The summed E-state index contributed by atoms with van der Waals surface area (Å²) in [7, 11) is 0. The van der Waals surface area contributed by atoms with Crippen LogP contribution in [0.5, 0.6) is 0 Å². The Morgan fingerprint density at radius 1 is 1.38 bits per heavy atom. The van der Waals surface area contributed by atoms with Gasteiger partial charge in [-0.3, -0.25) is 0 Å². The summed E-state index contributed by atoms with van der Waals surface area (Å²) >= 11 is 6.05. The first-order valence-corrected chi connectivity index (χ1v) is 6.14. The van der Waals surface area contributed by atoms with Crippen molar-refractivity contribution in [3.63, 3.8) is 0 Å². The molecule has 0 amide bonds. The van der Waals surface area contributed by atoms with Crippen molar-refractivity contribution in [3.05, 3.63) is 0 Å². The molecule has 3 atom stereocenters. The van der Waals surface area contributed by atoms with Crippen molar-refractivity contribution in [2.75, 3.05) is 5.88 Å². The molecule has 2 rings (SSSR count). The lowest BCUT2D eigenvalue weighted by Crippen LogP contribution is -2.19. The fraction of sp³-hybridized carbons (Fsp3) is 1.00. The molecular formula is C12H21Cl. The van der Waals surface area contributed by atoms with Crippen molar-refractivity contribution < 1.29 is 0 Å². The molecule has 0 N–H and O–H groups in total. The van der Waals surface area contributed by atoms with E-state index >= 15 is 0 Å². The predicted molar refractivity (Wildman–Crippen MR) is 58.1 cm³/mol. The topological polar surface area (TPSA) is 0 Å². The van der Waals surface area contributed by atoms with Crippen LogP contribution in [0.4, 0.5) is 0 Å². The molecule has 0 heterocycles. The Labute approximate surface area is 87.0 Å². The largest absolute Gasteiger partial charge is 0.126 e. The van der Waals surface area contributed by atoms with Crippen molar-refractivity contribution in [2.24, 2.45) is 22.7 Å². The van der Waals surface area contributed by atoms with Crippen molar-refractivity contribution in [2.45, 2.75) is 46.5 Å². The van der Waals surface area contributed by atoms with Crippen LogP contribution < -0.4 is 0 Å². The molecule has 0 aromatic rings. The summed E-state index contributed by atoms with van der Waals surface area (Å²) in [5, 5.41) is 0. The van der Waals surface area contributed by atoms with Crippen LogP contribution in [0.15, 0.2) is 0 Å². The monoisotopic (exact) mass is 200 g/mol. The van der Waals surface area contributed by atoms with E-state index in [2.05, 4.69) is 20.8 Å². The first-order valence-electron chi connectivity index (χ1n) is 5.60. The van der Waals surface area contributed by atoms with E-state index in [9.17, 15) is 0 Å². The molecule has 0 nitrogen and oxygen atoms in total. The molecule has 0 aromatic carbocycles. The van der Waals surface area contributed by atoms with Gasteiger partial charge in [0.15, 0.2) is 0 Å². The van der Waals surface area contributed by atoms with Gasteiger partial charge < -0.3 is 0 Å². The normalized spacial score (nSPS) is 48.0. The van der Waals surface area contributed by atoms with E-state index in [1.54, 1.807) is 0 Å². The summed E-state index contributed by atoms with van der Waals surface area (Å²) in [6, 6.07) is 0. The highest BCUT2D eigenvalue weighted by atomic mass is 35.5. The van der Waals surface area contributed by atoms with Crippen LogP contribution in [0.2, 0.25) is 0 Å². The summed E-state index contributed by atoms with van der Waals surface area (Å²) in [5.74, 6) is 2.60. The number of alkyl halides is 1. The Hall–Kier alpha value is 0.290. The fourth-order valence-corrected chi connectivity index (χ4v) is 4.58. The van der Waals surface area contributed by atoms with Crippen molar-refractivity contribution in [1.29, 1.82) is 0 Å². The fourth-order valence-electron chi connectivity index (χ4n) is 3.90. The van der Waals surface area contributed by atoms with Crippen LogP contribution in [0.1, 0.15) is 46.5 Å². The first-order chi connectivity index (χ1) is 6.04. The third-order valence-electron chi connectivity index (χ3n) is 4.92. The molecule has 2 fully saturated rings. The van der Waals surface area contributed by atoms with Crippen LogP contribution in [-0.4, -0.2) is 5.88 Å². The molecule has 13 heavy (non-hydrogen) atoms. The zero-order chi connectivity index (χ0) is 9.69.